The van der Waals surface area contributed by atoms with Gasteiger partial charge in [-0.2, -0.15) is 5.10 Å². The molecule has 2 rings (SSSR count). The Hall–Kier alpha value is -1.63. The molecule has 2 heterocycles. The summed E-state index contributed by atoms with van der Waals surface area (Å²) < 4.78 is 1.72. The van der Waals surface area contributed by atoms with Crippen molar-refractivity contribution in [2.45, 2.75) is 52.2 Å². The van der Waals surface area contributed by atoms with Crippen LogP contribution in [-0.4, -0.2) is 33.3 Å². The molecule has 1 fully saturated rings. The molecule has 0 aromatic carbocycles. The molecule has 0 aliphatic carbocycles. The SMILES string of the molecule is CCn1nc(C)c([N+](=O)[O-])c1N1CCC(N)CC1C. The summed E-state index contributed by atoms with van der Waals surface area (Å²) in [5.41, 5.74) is 6.56. The number of hydrogen-bond donors (Lipinski definition) is 1. The topological polar surface area (TPSA) is 90.2 Å². The minimum atomic E-state index is -0.328. The van der Waals surface area contributed by atoms with E-state index in [0.717, 1.165) is 19.4 Å². The van der Waals surface area contributed by atoms with Gasteiger partial charge in [-0.25, -0.2) is 4.68 Å². The smallest absolute Gasteiger partial charge is 0.333 e. The number of hydrogen-bond acceptors (Lipinski definition) is 5. The molecule has 1 aromatic rings. The van der Waals surface area contributed by atoms with Crippen LogP contribution in [-0.2, 0) is 6.54 Å². The number of nitrogens with two attached hydrogens (primary N) is 1. The van der Waals surface area contributed by atoms with Gasteiger partial charge in [0.1, 0.15) is 5.69 Å². The fourth-order valence-corrected chi connectivity index (χ4v) is 2.80. The lowest BCUT2D eigenvalue weighted by molar-refractivity contribution is -0.384. The van der Waals surface area contributed by atoms with Gasteiger partial charge in [0.05, 0.1) is 4.92 Å². The molecule has 0 amide bonds. The third-order valence-corrected chi connectivity index (χ3v) is 3.74. The van der Waals surface area contributed by atoms with Crippen LogP contribution in [0.25, 0.3) is 0 Å². The first-order valence-corrected chi connectivity index (χ1v) is 6.69. The molecular weight excluding hydrogens is 246 g/mol. The molecule has 7 heteroatoms. The summed E-state index contributed by atoms with van der Waals surface area (Å²) >= 11 is 0. The fourth-order valence-electron chi connectivity index (χ4n) is 2.80. The lowest BCUT2D eigenvalue weighted by atomic mass is 9.99. The van der Waals surface area contributed by atoms with Crippen molar-refractivity contribution in [2.75, 3.05) is 11.4 Å². The van der Waals surface area contributed by atoms with E-state index in [2.05, 4.69) is 16.9 Å². The Labute approximate surface area is 112 Å². The number of piperidine rings is 1. The lowest BCUT2D eigenvalue weighted by Gasteiger charge is -2.37. The van der Waals surface area contributed by atoms with Gasteiger partial charge in [0.15, 0.2) is 0 Å². The van der Waals surface area contributed by atoms with Gasteiger partial charge in [0.2, 0.25) is 5.82 Å². The zero-order valence-corrected chi connectivity index (χ0v) is 11.7. The third-order valence-electron chi connectivity index (χ3n) is 3.74. The standard InChI is InChI=1S/C12H21N5O2/c1-4-16-12(11(17(18)19)9(3)14-16)15-6-5-10(13)7-8(15)2/h8,10H,4-7,13H2,1-3H3. The highest BCUT2D eigenvalue weighted by atomic mass is 16.6. The van der Waals surface area contributed by atoms with Crippen LogP contribution in [0, 0.1) is 17.0 Å². The average molecular weight is 267 g/mol. The van der Waals surface area contributed by atoms with Crippen LogP contribution in [0.3, 0.4) is 0 Å². The van der Waals surface area contributed by atoms with Gasteiger partial charge < -0.3 is 10.6 Å². The predicted molar refractivity (Wildman–Crippen MR) is 73.3 cm³/mol. The summed E-state index contributed by atoms with van der Waals surface area (Å²) in [6.07, 6.45) is 1.71. The minimum Gasteiger partial charge on any atom is -0.348 e. The van der Waals surface area contributed by atoms with E-state index >= 15 is 0 Å². The number of anilines is 1. The molecule has 2 N–H and O–H groups in total. The quantitative estimate of drug-likeness (QED) is 0.661. The van der Waals surface area contributed by atoms with E-state index in [1.807, 2.05) is 6.92 Å². The van der Waals surface area contributed by atoms with Crippen LogP contribution in [0.4, 0.5) is 11.5 Å². The van der Waals surface area contributed by atoms with Gasteiger partial charge >= 0.3 is 5.69 Å². The van der Waals surface area contributed by atoms with Gasteiger partial charge in [-0.15, -0.1) is 0 Å². The predicted octanol–water partition coefficient (Wildman–Crippen LogP) is 1.44. The molecule has 1 aliphatic rings. The largest absolute Gasteiger partial charge is 0.348 e. The molecule has 106 valence electrons. The lowest BCUT2D eigenvalue weighted by Crippen LogP contribution is -2.46. The first-order chi connectivity index (χ1) is 8.95. The van der Waals surface area contributed by atoms with E-state index in [0.29, 0.717) is 18.1 Å². The minimum absolute atomic E-state index is 0.129. The zero-order chi connectivity index (χ0) is 14.2. The maximum absolute atomic E-state index is 11.3. The average Bonchev–Trinajstić information content (AvgIpc) is 2.66. The maximum atomic E-state index is 11.3. The zero-order valence-electron chi connectivity index (χ0n) is 11.7. The van der Waals surface area contributed by atoms with Crippen LogP contribution in [0.5, 0.6) is 0 Å². The summed E-state index contributed by atoms with van der Waals surface area (Å²) in [6, 6.07) is 0.383. The van der Waals surface area contributed by atoms with Gasteiger partial charge in [-0.1, -0.05) is 0 Å². The molecule has 0 saturated carbocycles. The first-order valence-electron chi connectivity index (χ1n) is 6.69. The molecular formula is C12H21N5O2. The summed E-state index contributed by atoms with van der Waals surface area (Å²) in [7, 11) is 0. The summed E-state index contributed by atoms with van der Waals surface area (Å²) in [4.78, 5) is 13.0. The van der Waals surface area contributed by atoms with Gasteiger partial charge in [-0.3, -0.25) is 10.1 Å². The van der Waals surface area contributed by atoms with E-state index < -0.39 is 0 Å². The summed E-state index contributed by atoms with van der Waals surface area (Å²) in [5.74, 6) is 0.629. The molecule has 2 atom stereocenters. The Balaban J connectivity index is 2.45. The van der Waals surface area contributed by atoms with Crippen molar-refractivity contribution in [2.24, 2.45) is 5.73 Å². The Morgan fingerprint density at radius 1 is 1.58 bits per heavy atom. The number of aryl methyl sites for hydroxylation is 2. The van der Waals surface area contributed by atoms with E-state index in [4.69, 9.17) is 5.73 Å². The Morgan fingerprint density at radius 2 is 2.26 bits per heavy atom. The number of aromatic nitrogens is 2. The van der Waals surface area contributed by atoms with Crippen molar-refractivity contribution in [3.05, 3.63) is 15.8 Å². The third kappa shape index (κ3) is 2.42. The van der Waals surface area contributed by atoms with Crippen molar-refractivity contribution in [3.63, 3.8) is 0 Å². The van der Waals surface area contributed by atoms with Crippen molar-refractivity contribution >= 4 is 11.5 Å². The highest BCUT2D eigenvalue weighted by molar-refractivity contribution is 5.62. The second-order valence-electron chi connectivity index (χ2n) is 5.16. The number of rotatable bonds is 3. The molecule has 2 unspecified atom stereocenters. The Bertz CT molecular complexity index is 485. The molecule has 0 radical (unpaired) electrons. The highest BCUT2D eigenvalue weighted by Crippen LogP contribution is 2.35. The van der Waals surface area contributed by atoms with Crippen LogP contribution < -0.4 is 10.6 Å². The van der Waals surface area contributed by atoms with E-state index in [9.17, 15) is 10.1 Å². The van der Waals surface area contributed by atoms with Crippen molar-refractivity contribution in [1.82, 2.24) is 9.78 Å². The van der Waals surface area contributed by atoms with Crippen LogP contribution in [0.15, 0.2) is 0 Å². The second kappa shape index (κ2) is 5.16. The number of nitro groups is 1. The fraction of sp³-hybridized carbons (Fsp3) is 0.750. The molecule has 1 saturated heterocycles. The van der Waals surface area contributed by atoms with Crippen LogP contribution in [0.1, 0.15) is 32.4 Å². The molecule has 1 aliphatic heterocycles. The van der Waals surface area contributed by atoms with Gasteiger partial charge in [-0.05, 0) is 33.6 Å². The maximum Gasteiger partial charge on any atom is 0.333 e. The van der Waals surface area contributed by atoms with E-state index in [1.165, 1.54) is 0 Å². The molecule has 0 bridgehead atoms. The van der Waals surface area contributed by atoms with Crippen molar-refractivity contribution in [1.29, 1.82) is 0 Å². The Kier molecular flexibility index (Phi) is 3.75. The monoisotopic (exact) mass is 267 g/mol. The number of nitrogens with zero attached hydrogens (tertiary/aromatic N) is 4. The van der Waals surface area contributed by atoms with Gasteiger partial charge in [0, 0.05) is 25.2 Å². The van der Waals surface area contributed by atoms with Crippen LogP contribution >= 0.6 is 0 Å². The van der Waals surface area contributed by atoms with Gasteiger partial charge in [0.25, 0.3) is 0 Å². The molecule has 7 nitrogen and oxygen atoms in total. The normalized spacial score (nSPS) is 23.7. The second-order valence-corrected chi connectivity index (χ2v) is 5.16. The first kappa shape index (κ1) is 13.8. The molecule has 1 aromatic heterocycles. The van der Waals surface area contributed by atoms with Crippen molar-refractivity contribution in [3.8, 4) is 0 Å². The summed E-state index contributed by atoms with van der Waals surface area (Å²) in [5, 5.41) is 15.6. The molecule has 0 spiro atoms. The van der Waals surface area contributed by atoms with Crippen molar-refractivity contribution < 1.29 is 4.92 Å². The van der Waals surface area contributed by atoms with E-state index in [1.54, 1.807) is 11.6 Å². The summed E-state index contributed by atoms with van der Waals surface area (Å²) in [6.45, 7) is 7.06. The van der Waals surface area contributed by atoms with Crippen LogP contribution in [0.2, 0.25) is 0 Å². The van der Waals surface area contributed by atoms with E-state index in [-0.39, 0.29) is 22.7 Å². The highest BCUT2D eigenvalue weighted by Gasteiger charge is 2.34. The molecule has 19 heavy (non-hydrogen) atoms. The Morgan fingerprint density at radius 3 is 2.79 bits per heavy atom.